The number of Topliss-reactive ketones (excluding diaryl/α,β-unsaturated/α-hetero) is 1. The maximum Gasteiger partial charge on any atom is 0.271 e. The topological polar surface area (TPSA) is 135 Å². The zero-order valence-corrected chi connectivity index (χ0v) is 22.2. The van der Waals surface area contributed by atoms with Crippen molar-refractivity contribution in [1.29, 1.82) is 0 Å². The number of fused-ring (bicyclic) bond motifs is 3. The van der Waals surface area contributed by atoms with Crippen LogP contribution in [0.5, 0.6) is 5.75 Å². The molecular formula is C29H21BrN2O7. The number of nitro groups is 1. The van der Waals surface area contributed by atoms with Gasteiger partial charge in [-0.25, -0.2) is 4.90 Å². The summed E-state index contributed by atoms with van der Waals surface area (Å²) >= 11 is 3.42. The number of rotatable bonds is 3. The van der Waals surface area contributed by atoms with Crippen LogP contribution in [-0.2, 0) is 19.2 Å². The van der Waals surface area contributed by atoms with E-state index in [0.717, 1.165) is 4.90 Å². The van der Waals surface area contributed by atoms with Crippen LogP contribution in [-0.4, -0.2) is 33.4 Å². The Morgan fingerprint density at radius 2 is 1.82 bits per heavy atom. The molecule has 2 amide bonds. The van der Waals surface area contributed by atoms with Gasteiger partial charge in [0.2, 0.25) is 11.8 Å². The lowest BCUT2D eigenvalue weighted by Crippen LogP contribution is -2.39. The molecule has 1 heterocycles. The maximum atomic E-state index is 13.9. The second-order valence-electron chi connectivity index (χ2n) is 10.2. The average Bonchev–Trinajstić information content (AvgIpc) is 3.17. The Bertz CT molecular complexity index is 1640. The van der Waals surface area contributed by atoms with E-state index < -0.39 is 40.4 Å². The molecule has 0 spiro atoms. The predicted molar refractivity (Wildman–Crippen MR) is 143 cm³/mol. The summed E-state index contributed by atoms with van der Waals surface area (Å²) in [6, 6.07) is 10.2. The molecule has 196 valence electrons. The first-order valence-corrected chi connectivity index (χ1v) is 13.2. The summed E-state index contributed by atoms with van der Waals surface area (Å²) in [7, 11) is 0. The van der Waals surface area contributed by atoms with E-state index in [1.807, 2.05) is 6.08 Å². The second kappa shape index (κ2) is 8.94. The number of halogens is 1. The number of carbonyl (C=O) groups excluding carboxylic acids is 4. The minimum atomic E-state index is -0.822. The van der Waals surface area contributed by atoms with Gasteiger partial charge in [-0.15, -0.1) is 0 Å². The van der Waals surface area contributed by atoms with Crippen LogP contribution < -0.4 is 4.90 Å². The number of ketones is 2. The molecule has 4 atom stereocenters. The molecule has 0 aromatic heterocycles. The molecule has 1 aliphatic heterocycles. The molecule has 6 rings (SSSR count). The van der Waals surface area contributed by atoms with Crippen molar-refractivity contribution in [3.63, 3.8) is 0 Å². The Labute approximate surface area is 230 Å². The highest BCUT2D eigenvalue weighted by Crippen LogP contribution is 2.56. The summed E-state index contributed by atoms with van der Waals surface area (Å²) in [5.74, 6) is -4.50. The van der Waals surface area contributed by atoms with Crippen molar-refractivity contribution in [3.05, 3.63) is 97.1 Å². The van der Waals surface area contributed by atoms with Crippen LogP contribution in [0.4, 0.5) is 11.4 Å². The largest absolute Gasteiger partial charge is 0.508 e. The number of anilines is 1. The minimum Gasteiger partial charge on any atom is -0.508 e. The summed E-state index contributed by atoms with van der Waals surface area (Å²) in [6.45, 7) is 1.57. The van der Waals surface area contributed by atoms with E-state index in [-0.39, 0.29) is 47.1 Å². The summed E-state index contributed by atoms with van der Waals surface area (Å²) in [6.07, 6.45) is 3.48. The highest BCUT2D eigenvalue weighted by Gasteiger charge is 2.57. The van der Waals surface area contributed by atoms with Gasteiger partial charge >= 0.3 is 0 Å². The van der Waals surface area contributed by atoms with Crippen LogP contribution in [0.1, 0.15) is 31.2 Å². The maximum absolute atomic E-state index is 13.9. The lowest BCUT2D eigenvalue weighted by atomic mass is 9.59. The fourth-order valence-corrected chi connectivity index (χ4v) is 6.87. The van der Waals surface area contributed by atoms with Gasteiger partial charge in [0.15, 0.2) is 11.6 Å². The second-order valence-corrected chi connectivity index (χ2v) is 11.1. The van der Waals surface area contributed by atoms with E-state index in [9.17, 15) is 34.4 Å². The molecule has 0 radical (unpaired) electrons. The molecule has 9 nitrogen and oxygen atoms in total. The Kier molecular flexibility index (Phi) is 5.76. The fourth-order valence-electron chi connectivity index (χ4n) is 6.49. The molecule has 39 heavy (non-hydrogen) atoms. The lowest BCUT2D eigenvalue weighted by Gasteiger charge is -2.42. The number of hydrogen-bond donors (Lipinski definition) is 1. The van der Waals surface area contributed by atoms with Crippen LogP contribution in [0, 0.1) is 27.9 Å². The molecule has 1 fully saturated rings. The third-order valence-electron chi connectivity index (χ3n) is 8.16. The standard InChI is InChI=1S/C29H21BrN2O7/c1-13-9-23(34)26-21(27(13)35)12-19-17(24(26)20-10-14(30)5-8-22(20)33)6-7-18-25(19)29(37)31(28(18)36)15-3-2-4-16(11-15)32(38)39/h2-6,8-11,18-19,24-25,33H,7,12H2,1H3. The first-order chi connectivity index (χ1) is 18.6. The van der Waals surface area contributed by atoms with Gasteiger partial charge in [0.05, 0.1) is 22.4 Å². The number of hydrogen-bond acceptors (Lipinski definition) is 7. The monoisotopic (exact) mass is 588 g/mol. The van der Waals surface area contributed by atoms with E-state index in [1.54, 1.807) is 19.1 Å². The van der Waals surface area contributed by atoms with E-state index in [4.69, 9.17) is 0 Å². The van der Waals surface area contributed by atoms with Gasteiger partial charge in [-0.1, -0.05) is 33.6 Å². The molecule has 2 aromatic carbocycles. The van der Waals surface area contributed by atoms with Gasteiger partial charge in [-0.2, -0.15) is 0 Å². The molecule has 4 aliphatic rings. The highest BCUT2D eigenvalue weighted by atomic mass is 79.9. The number of phenols is 1. The van der Waals surface area contributed by atoms with Gasteiger partial charge < -0.3 is 5.11 Å². The third-order valence-corrected chi connectivity index (χ3v) is 8.65. The number of nitrogens with zero attached hydrogens (tertiary/aromatic N) is 2. The molecule has 3 aliphatic carbocycles. The fraction of sp³-hybridized carbons (Fsp3) is 0.241. The van der Waals surface area contributed by atoms with Crippen LogP contribution in [0.25, 0.3) is 0 Å². The number of phenolic OH excluding ortho intramolecular Hbond substituents is 1. The van der Waals surface area contributed by atoms with Crippen molar-refractivity contribution in [1.82, 2.24) is 0 Å². The van der Waals surface area contributed by atoms with Gasteiger partial charge in [0, 0.05) is 44.8 Å². The van der Waals surface area contributed by atoms with E-state index >= 15 is 0 Å². The number of imide groups is 1. The number of nitro benzene ring substituents is 1. The van der Waals surface area contributed by atoms with Crippen molar-refractivity contribution < 1.29 is 29.2 Å². The zero-order valence-electron chi connectivity index (χ0n) is 20.6. The molecule has 0 saturated carbocycles. The van der Waals surface area contributed by atoms with Crippen LogP contribution in [0.3, 0.4) is 0 Å². The summed E-state index contributed by atoms with van der Waals surface area (Å²) in [5.41, 5.74) is 1.88. The number of carbonyl (C=O) groups is 4. The first-order valence-electron chi connectivity index (χ1n) is 12.4. The minimum absolute atomic E-state index is 0.0581. The Morgan fingerprint density at radius 1 is 1.05 bits per heavy atom. The van der Waals surface area contributed by atoms with Crippen LogP contribution in [0.2, 0.25) is 0 Å². The van der Waals surface area contributed by atoms with Crippen molar-refractivity contribution in [2.45, 2.75) is 25.7 Å². The number of amides is 2. The summed E-state index contributed by atoms with van der Waals surface area (Å²) < 4.78 is 0.666. The van der Waals surface area contributed by atoms with Crippen molar-refractivity contribution in [2.24, 2.45) is 17.8 Å². The van der Waals surface area contributed by atoms with Gasteiger partial charge in [-0.3, -0.25) is 29.3 Å². The predicted octanol–water partition coefficient (Wildman–Crippen LogP) is 4.70. The van der Waals surface area contributed by atoms with Crippen LogP contribution in [0.15, 0.2) is 81.4 Å². The molecule has 1 N–H and O–H groups in total. The van der Waals surface area contributed by atoms with Crippen molar-refractivity contribution >= 4 is 50.7 Å². The molecule has 1 saturated heterocycles. The van der Waals surface area contributed by atoms with E-state index in [2.05, 4.69) is 15.9 Å². The molecule has 10 heteroatoms. The smallest absolute Gasteiger partial charge is 0.271 e. The highest BCUT2D eigenvalue weighted by molar-refractivity contribution is 9.10. The number of allylic oxidation sites excluding steroid dienone is 6. The molecule has 4 unspecified atom stereocenters. The van der Waals surface area contributed by atoms with Crippen LogP contribution >= 0.6 is 15.9 Å². The Balaban J connectivity index is 1.49. The van der Waals surface area contributed by atoms with Crippen molar-refractivity contribution in [2.75, 3.05) is 4.90 Å². The number of benzene rings is 2. The Morgan fingerprint density at radius 3 is 2.56 bits per heavy atom. The molecule has 0 bridgehead atoms. The van der Waals surface area contributed by atoms with Gasteiger partial charge in [-0.05, 0) is 56.0 Å². The van der Waals surface area contributed by atoms with E-state index in [0.29, 0.717) is 26.8 Å². The van der Waals surface area contributed by atoms with Crippen molar-refractivity contribution in [3.8, 4) is 5.75 Å². The summed E-state index contributed by atoms with van der Waals surface area (Å²) in [5, 5.41) is 22.2. The lowest BCUT2D eigenvalue weighted by molar-refractivity contribution is -0.384. The molecular weight excluding hydrogens is 568 g/mol. The van der Waals surface area contributed by atoms with Gasteiger partial charge in [0.1, 0.15) is 5.75 Å². The third kappa shape index (κ3) is 3.73. The normalized spacial score (nSPS) is 26.2. The zero-order chi connectivity index (χ0) is 27.7. The quantitative estimate of drug-likeness (QED) is 0.180. The number of non-ortho nitro benzene ring substituents is 1. The molecule has 2 aromatic rings. The SMILES string of the molecule is CC1=CC(=O)C2=C(CC3C(=CCC4C(=O)N(c5cccc([N+](=O)[O-])c5)C(=O)C43)C2c2cc(Br)ccc2O)C1=O. The Hall–Kier alpha value is -4.18. The number of aromatic hydroxyl groups is 1. The first kappa shape index (κ1) is 25.1. The summed E-state index contributed by atoms with van der Waals surface area (Å²) in [4.78, 5) is 65.8. The average molecular weight is 589 g/mol. The van der Waals surface area contributed by atoms with Gasteiger partial charge in [0.25, 0.3) is 5.69 Å². The van der Waals surface area contributed by atoms with E-state index in [1.165, 1.54) is 36.4 Å².